The quantitative estimate of drug-likeness (QED) is 0.740. The van der Waals surface area contributed by atoms with Gasteiger partial charge in [0.25, 0.3) is 11.5 Å². The Morgan fingerprint density at radius 3 is 2.22 bits per heavy atom. The maximum absolute atomic E-state index is 12.7. The van der Waals surface area contributed by atoms with Crippen LogP contribution in [0.1, 0.15) is 34.5 Å². The van der Waals surface area contributed by atoms with Crippen molar-refractivity contribution in [1.82, 2.24) is 9.88 Å². The van der Waals surface area contributed by atoms with Crippen LogP contribution in [0, 0.1) is 0 Å². The average molecular weight is 374 g/mol. The number of alkyl halides is 3. The van der Waals surface area contributed by atoms with Crippen LogP contribution in [0.25, 0.3) is 10.8 Å². The third-order valence-electron chi connectivity index (χ3n) is 4.65. The smallest absolute Gasteiger partial charge is 0.335 e. The van der Waals surface area contributed by atoms with Gasteiger partial charge in [-0.2, -0.15) is 13.2 Å². The van der Waals surface area contributed by atoms with Crippen molar-refractivity contribution in [3.05, 3.63) is 81.8 Å². The van der Waals surface area contributed by atoms with Crippen LogP contribution in [-0.2, 0) is 6.18 Å². The summed E-state index contributed by atoms with van der Waals surface area (Å²) in [4.78, 5) is 28.8. The topological polar surface area (TPSA) is 53.2 Å². The Bertz CT molecular complexity index is 1040. The molecule has 3 aromatic rings. The number of rotatable bonds is 3. The van der Waals surface area contributed by atoms with Crippen molar-refractivity contribution in [3.63, 3.8) is 0 Å². The summed E-state index contributed by atoms with van der Waals surface area (Å²) in [7, 11) is 1.57. The molecule has 1 atom stereocenters. The molecule has 140 valence electrons. The van der Waals surface area contributed by atoms with E-state index in [4.69, 9.17) is 0 Å². The summed E-state index contributed by atoms with van der Waals surface area (Å²) >= 11 is 0. The molecule has 4 nitrogen and oxygen atoms in total. The molecule has 1 aromatic heterocycles. The molecule has 1 heterocycles. The molecule has 0 radical (unpaired) electrons. The van der Waals surface area contributed by atoms with Crippen molar-refractivity contribution < 1.29 is 18.0 Å². The highest BCUT2D eigenvalue weighted by Gasteiger charge is 2.30. The minimum atomic E-state index is -4.45. The summed E-state index contributed by atoms with van der Waals surface area (Å²) in [6.07, 6.45) is -2.89. The molecule has 0 aliphatic heterocycles. The Labute approximate surface area is 153 Å². The normalized spacial score (nSPS) is 12.8. The van der Waals surface area contributed by atoms with E-state index in [0.29, 0.717) is 5.39 Å². The average Bonchev–Trinajstić information content (AvgIpc) is 2.66. The van der Waals surface area contributed by atoms with Gasteiger partial charge >= 0.3 is 6.18 Å². The van der Waals surface area contributed by atoms with Crippen LogP contribution in [0.4, 0.5) is 13.2 Å². The standard InChI is InChI=1S/C20H17F3N2O2/c1-12(17-11-24-18(26)16-6-4-3-5-15(16)17)25(2)19(27)13-7-9-14(10-8-13)20(21,22)23/h3-12H,1-2H3,(H,24,26)/t12-/m1/s1. The molecule has 0 unspecified atom stereocenters. The van der Waals surface area contributed by atoms with Gasteiger partial charge in [-0.15, -0.1) is 0 Å². The van der Waals surface area contributed by atoms with Gasteiger partial charge in [0.15, 0.2) is 0 Å². The van der Waals surface area contributed by atoms with Crippen LogP contribution in [0.3, 0.4) is 0 Å². The molecule has 0 bridgehead atoms. The first-order valence-electron chi connectivity index (χ1n) is 8.25. The highest BCUT2D eigenvalue weighted by Crippen LogP contribution is 2.30. The van der Waals surface area contributed by atoms with Gasteiger partial charge in [-0.1, -0.05) is 18.2 Å². The zero-order valence-electron chi connectivity index (χ0n) is 14.7. The number of hydrogen-bond donors (Lipinski definition) is 1. The summed E-state index contributed by atoms with van der Waals surface area (Å²) in [5, 5.41) is 1.23. The summed E-state index contributed by atoms with van der Waals surface area (Å²) < 4.78 is 38.1. The molecule has 0 aliphatic rings. The van der Waals surface area contributed by atoms with Gasteiger partial charge in [0.1, 0.15) is 0 Å². The van der Waals surface area contributed by atoms with Gasteiger partial charge in [-0.25, -0.2) is 0 Å². The second kappa shape index (κ2) is 6.90. The van der Waals surface area contributed by atoms with E-state index in [1.54, 1.807) is 44.4 Å². The molecule has 1 amide bonds. The molecule has 0 spiro atoms. The lowest BCUT2D eigenvalue weighted by Gasteiger charge is -2.26. The Kier molecular flexibility index (Phi) is 4.78. The van der Waals surface area contributed by atoms with Crippen molar-refractivity contribution in [1.29, 1.82) is 0 Å². The van der Waals surface area contributed by atoms with Gasteiger partial charge in [0, 0.05) is 24.2 Å². The van der Waals surface area contributed by atoms with Crippen molar-refractivity contribution in [2.75, 3.05) is 7.05 Å². The highest BCUT2D eigenvalue weighted by molar-refractivity contribution is 5.95. The van der Waals surface area contributed by atoms with E-state index < -0.39 is 23.7 Å². The Balaban J connectivity index is 1.92. The van der Waals surface area contributed by atoms with Crippen molar-refractivity contribution >= 4 is 16.7 Å². The van der Waals surface area contributed by atoms with E-state index in [1.165, 1.54) is 17.0 Å². The minimum absolute atomic E-state index is 0.158. The fourth-order valence-corrected chi connectivity index (χ4v) is 2.97. The number of halogens is 3. The lowest BCUT2D eigenvalue weighted by Crippen LogP contribution is -2.30. The molecule has 1 N–H and O–H groups in total. The third-order valence-corrected chi connectivity index (χ3v) is 4.65. The molecule has 7 heteroatoms. The first-order valence-corrected chi connectivity index (χ1v) is 8.25. The summed E-state index contributed by atoms with van der Waals surface area (Å²) in [5.41, 5.74) is -0.126. The van der Waals surface area contributed by atoms with Gasteiger partial charge < -0.3 is 9.88 Å². The zero-order valence-corrected chi connectivity index (χ0v) is 14.7. The predicted molar refractivity (Wildman–Crippen MR) is 96.5 cm³/mol. The zero-order chi connectivity index (χ0) is 19.8. The molecule has 27 heavy (non-hydrogen) atoms. The van der Waals surface area contributed by atoms with E-state index in [2.05, 4.69) is 4.98 Å². The molecule has 0 saturated carbocycles. The Hall–Kier alpha value is -3.09. The first-order chi connectivity index (χ1) is 12.7. The molecule has 0 aliphatic carbocycles. The van der Waals surface area contributed by atoms with Crippen LogP contribution in [0.2, 0.25) is 0 Å². The van der Waals surface area contributed by atoms with Crippen LogP contribution in [-0.4, -0.2) is 22.8 Å². The number of amides is 1. The van der Waals surface area contributed by atoms with Gasteiger partial charge in [0.2, 0.25) is 0 Å². The van der Waals surface area contributed by atoms with Gasteiger partial charge in [-0.05, 0) is 48.2 Å². The molecule has 3 rings (SSSR count). The predicted octanol–water partition coefficient (Wildman–Crippen LogP) is 4.38. The Morgan fingerprint density at radius 2 is 1.63 bits per heavy atom. The number of aromatic nitrogens is 1. The van der Waals surface area contributed by atoms with Gasteiger partial charge in [-0.3, -0.25) is 9.59 Å². The van der Waals surface area contributed by atoms with E-state index >= 15 is 0 Å². The number of carbonyl (C=O) groups is 1. The number of aromatic amines is 1. The van der Waals surface area contributed by atoms with Crippen LogP contribution < -0.4 is 5.56 Å². The second-order valence-electron chi connectivity index (χ2n) is 6.29. The number of hydrogen-bond acceptors (Lipinski definition) is 2. The lowest BCUT2D eigenvalue weighted by molar-refractivity contribution is -0.137. The van der Waals surface area contributed by atoms with Crippen molar-refractivity contribution in [2.45, 2.75) is 19.1 Å². The van der Waals surface area contributed by atoms with Crippen molar-refractivity contribution in [3.8, 4) is 0 Å². The maximum Gasteiger partial charge on any atom is 0.416 e. The van der Waals surface area contributed by atoms with E-state index in [-0.39, 0.29) is 11.1 Å². The summed E-state index contributed by atoms with van der Waals surface area (Å²) in [5.74, 6) is -0.411. The van der Waals surface area contributed by atoms with Crippen molar-refractivity contribution in [2.24, 2.45) is 0 Å². The summed E-state index contributed by atoms with van der Waals surface area (Å²) in [6, 6.07) is 10.8. The minimum Gasteiger partial charge on any atom is -0.335 e. The number of nitrogens with zero attached hydrogens (tertiary/aromatic N) is 1. The van der Waals surface area contributed by atoms with E-state index in [9.17, 15) is 22.8 Å². The number of benzene rings is 2. The van der Waals surface area contributed by atoms with Gasteiger partial charge in [0.05, 0.1) is 11.6 Å². The number of pyridine rings is 1. The fourth-order valence-electron chi connectivity index (χ4n) is 2.97. The van der Waals surface area contributed by atoms with E-state index in [0.717, 1.165) is 23.1 Å². The van der Waals surface area contributed by atoms with E-state index in [1.807, 2.05) is 0 Å². The lowest BCUT2D eigenvalue weighted by atomic mass is 10.0. The highest BCUT2D eigenvalue weighted by atomic mass is 19.4. The molecule has 0 saturated heterocycles. The number of fused-ring (bicyclic) bond motifs is 1. The van der Waals surface area contributed by atoms with Crippen LogP contribution in [0.15, 0.2) is 59.5 Å². The molecular weight excluding hydrogens is 357 g/mol. The first kappa shape index (κ1) is 18.7. The Morgan fingerprint density at radius 1 is 1.04 bits per heavy atom. The maximum atomic E-state index is 12.7. The molecule has 2 aromatic carbocycles. The number of H-pyrrole nitrogens is 1. The van der Waals surface area contributed by atoms with Crippen LogP contribution >= 0.6 is 0 Å². The summed E-state index contributed by atoms with van der Waals surface area (Å²) in [6.45, 7) is 1.79. The largest absolute Gasteiger partial charge is 0.416 e. The van der Waals surface area contributed by atoms with Crippen LogP contribution in [0.5, 0.6) is 0 Å². The second-order valence-corrected chi connectivity index (χ2v) is 6.29. The molecule has 0 fully saturated rings. The third kappa shape index (κ3) is 3.58. The molecular formula is C20H17F3N2O2. The SMILES string of the molecule is C[C@H](c1c[nH]c(=O)c2ccccc12)N(C)C(=O)c1ccc(C(F)(F)F)cc1. The monoisotopic (exact) mass is 374 g/mol. The fraction of sp³-hybridized carbons (Fsp3) is 0.200. The number of carbonyl (C=O) groups excluding carboxylic acids is 1. The number of nitrogens with one attached hydrogen (secondary N) is 1.